The van der Waals surface area contributed by atoms with Crippen LogP contribution in [0.2, 0.25) is 5.02 Å². The van der Waals surface area contributed by atoms with E-state index < -0.39 is 30.0 Å². The molecule has 0 radical (unpaired) electrons. The second-order valence-corrected chi connectivity index (χ2v) is 6.89. The van der Waals surface area contributed by atoms with Gasteiger partial charge in [0.25, 0.3) is 0 Å². The first kappa shape index (κ1) is 23.6. The minimum absolute atomic E-state index is 0.0329. The maximum Gasteiger partial charge on any atom is 0.490 e. The molecule has 0 saturated heterocycles. The molecule has 0 bridgehead atoms. The second-order valence-electron chi connectivity index (χ2n) is 6.46. The summed E-state index contributed by atoms with van der Waals surface area (Å²) < 4.78 is 47.5. The molecule has 3 N–H and O–H groups in total. The van der Waals surface area contributed by atoms with Gasteiger partial charge >= 0.3 is 18.1 Å². The maximum absolute atomic E-state index is 13.8. The molecule has 0 aliphatic carbocycles. The number of carboxylic acid groups (broad SMARTS) is 2. The SMILES string of the molecule is O=C(O)C(F)(F)F.O=C(O)[C@@H](Cc1cc(Cl)ccc1F)NCc1cnn2c1CCC2. The van der Waals surface area contributed by atoms with Crippen molar-refractivity contribution in [2.24, 2.45) is 0 Å². The molecule has 2 heterocycles. The third-order valence-corrected chi connectivity index (χ3v) is 4.57. The number of carboxylic acids is 2. The fourth-order valence-corrected chi connectivity index (χ4v) is 3.07. The van der Waals surface area contributed by atoms with Crippen LogP contribution in [-0.2, 0) is 35.5 Å². The molecule has 1 aliphatic heterocycles. The minimum atomic E-state index is -5.08. The number of benzene rings is 1. The normalized spacial score (nSPS) is 13.9. The molecular formula is C18H18ClF4N3O4. The molecule has 0 unspecified atom stereocenters. The smallest absolute Gasteiger partial charge is 0.480 e. The van der Waals surface area contributed by atoms with Crippen molar-refractivity contribution in [1.29, 1.82) is 0 Å². The van der Waals surface area contributed by atoms with Gasteiger partial charge in [0, 0.05) is 35.8 Å². The predicted octanol–water partition coefficient (Wildman–Crippen LogP) is 3.04. The maximum atomic E-state index is 13.8. The molecule has 164 valence electrons. The van der Waals surface area contributed by atoms with Crippen LogP contribution < -0.4 is 5.32 Å². The molecule has 0 fully saturated rings. The Hall–Kier alpha value is -2.66. The van der Waals surface area contributed by atoms with Crippen LogP contribution in [0.4, 0.5) is 17.6 Å². The number of nitrogens with one attached hydrogen (secondary N) is 1. The molecule has 0 amide bonds. The average Bonchev–Trinajstić information content (AvgIpc) is 3.25. The van der Waals surface area contributed by atoms with E-state index in [4.69, 9.17) is 21.5 Å². The molecule has 1 atom stereocenters. The second kappa shape index (κ2) is 9.90. The first-order valence-corrected chi connectivity index (χ1v) is 9.10. The Kier molecular flexibility index (Phi) is 7.79. The lowest BCUT2D eigenvalue weighted by Gasteiger charge is -2.15. The van der Waals surface area contributed by atoms with Crippen molar-refractivity contribution >= 4 is 23.5 Å². The lowest BCUT2D eigenvalue weighted by Crippen LogP contribution is -2.38. The summed E-state index contributed by atoms with van der Waals surface area (Å²) in [7, 11) is 0. The number of aryl methyl sites for hydroxylation is 1. The molecule has 1 aromatic heterocycles. The van der Waals surface area contributed by atoms with Gasteiger partial charge in [0.15, 0.2) is 0 Å². The summed E-state index contributed by atoms with van der Waals surface area (Å²) in [5.41, 5.74) is 2.44. The molecule has 0 saturated carbocycles. The number of alkyl halides is 3. The van der Waals surface area contributed by atoms with Crippen molar-refractivity contribution in [1.82, 2.24) is 15.1 Å². The molecule has 1 aromatic carbocycles. The third kappa shape index (κ3) is 6.42. The zero-order chi connectivity index (χ0) is 22.5. The Bertz CT molecular complexity index is 917. The van der Waals surface area contributed by atoms with E-state index in [1.165, 1.54) is 18.2 Å². The van der Waals surface area contributed by atoms with Crippen molar-refractivity contribution in [2.75, 3.05) is 0 Å². The Labute approximate surface area is 173 Å². The zero-order valence-electron chi connectivity index (χ0n) is 15.4. The van der Waals surface area contributed by atoms with Gasteiger partial charge in [0.1, 0.15) is 11.9 Å². The number of aliphatic carboxylic acids is 2. The van der Waals surface area contributed by atoms with Crippen LogP contribution >= 0.6 is 11.6 Å². The largest absolute Gasteiger partial charge is 0.490 e. The van der Waals surface area contributed by atoms with Crippen molar-refractivity contribution in [3.05, 3.63) is 52.1 Å². The quantitative estimate of drug-likeness (QED) is 0.583. The molecule has 7 nitrogen and oxygen atoms in total. The Morgan fingerprint density at radius 3 is 2.53 bits per heavy atom. The van der Waals surface area contributed by atoms with Gasteiger partial charge in [0.2, 0.25) is 0 Å². The number of hydrogen-bond donors (Lipinski definition) is 3. The number of hydrogen-bond acceptors (Lipinski definition) is 4. The lowest BCUT2D eigenvalue weighted by molar-refractivity contribution is -0.192. The molecular weight excluding hydrogens is 434 g/mol. The monoisotopic (exact) mass is 451 g/mol. The molecule has 30 heavy (non-hydrogen) atoms. The van der Waals surface area contributed by atoms with E-state index in [9.17, 15) is 27.5 Å². The van der Waals surface area contributed by atoms with Crippen molar-refractivity contribution in [2.45, 2.75) is 44.6 Å². The van der Waals surface area contributed by atoms with Gasteiger partial charge < -0.3 is 10.2 Å². The van der Waals surface area contributed by atoms with Crippen LogP contribution in [0.3, 0.4) is 0 Å². The van der Waals surface area contributed by atoms with Crippen molar-refractivity contribution in [3.8, 4) is 0 Å². The first-order valence-electron chi connectivity index (χ1n) is 8.72. The topological polar surface area (TPSA) is 104 Å². The number of carbonyl (C=O) groups is 2. The van der Waals surface area contributed by atoms with E-state index in [1.54, 1.807) is 6.20 Å². The van der Waals surface area contributed by atoms with Crippen LogP contribution in [0.1, 0.15) is 23.2 Å². The van der Waals surface area contributed by atoms with Gasteiger partial charge in [-0.25, -0.2) is 9.18 Å². The zero-order valence-corrected chi connectivity index (χ0v) is 16.2. The van der Waals surface area contributed by atoms with Crippen LogP contribution in [0.5, 0.6) is 0 Å². The van der Waals surface area contributed by atoms with E-state index in [2.05, 4.69) is 10.4 Å². The third-order valence-electron chi connectivity index (χ3n) is 4.33. The highest BCUT2D eigenvalue weighted by atomic mass is 35.5. The van der Waals surface area contributed by atoms with Gasteiger partial charge in [-0.2, -0.15) is 18.3 Å². The Morgan fingerprint density at radius 1 is 1.27 bits per heavy atom. The highest BCUT2D eigenvalue weighted by molar-refractivity contribution is 6.30. The predicted molar refractivity (Wildman–Crippen MR) is 97.6 cm³/mol. The summed E-state index contributed by atoms with van der Waals surface area (Å²) in [6, 6.07) is 3.27. The summed E-state index contributed by atoms with van der Waals surface area (Å²) >= 11 is 5.86. The fraction of sp³-hybridized carbons (Fsp3) is 0.389. The summed E-state index contributed by atoms with van der Waals surface area (Å²) in [6.45, 7) is 1.31. The summed E-state index contributed by atoms with van der Waals surface area (Å²) in [5.74, 6) is -4.23. The first-order chi connectivity index (χ1) is 14.0. The van der Waals surface area contributed by atoms with E-state index in [0.717, 1.165) is 30.6 Å². The lowest BCUT2D eigenvalue weighted by atomic mass is 10.0. The van der Waals surface area contributed by atoms with Gasteiger partial charge in [-0.05, 0) is 36.6 Å². The van der Waals surface area contributed by atoms with Crippen LogP contribution in [0, 0.1) is 5.82 Å². The van der Waals surface area contributed by atoms with Crippen LogP contribution in [0.25, 0.3) is 0 Å². The van der Waals surface area contributed by atoms with Gasteiger partial charge in [-0.1, -0.05) is 11.6 Å². The molecule has 1 aliphatic rings. The average molecular weight is 452 g/mol. The van der Waals surface area contributed by atoms with Gasteiger partial charge in [-0.3, -0.25) is 14.8 Å². The Morgan fingerprint density at radius 2 is 1.93 bits per heavy atom. The fourth-order valence-electron chi connectivity index (χ4n) is 2.88. The van der Waals surface area contributed by atoms with Crippen molar-refractivity contribution < 1.29 is 37.4 Å². The standard InChI is InChI=1S/C16H17ClFN3O2.C2HF3O2/c17-12-3-4-13(18)10(6-12)7-14(16(22)23)19-8-11-9-20-21-5-1-2-15(11)21;3-2(4,5)1(6)7/h3-4,6,9,14,19H,1-2,5,7-8H2,(H,22,23);(H,6,7)/t14-;/m1./s1. The van der Waals surface area contributed by atoms with Crippen molar-refractivity contribution in [3.63, 3.8) is 0 Å². The molecule has 2 aromatic rings. The summed E-state index contributed by atoms with van der Waals surface area (Å²) in [4.78, 5) is 20.4. The van der Waals surface area contributed by atoms with Gasteiger partial charge in [-0.15, -0.1) is 0 Å². The minimum Gasteiger partial charge on any atom is -0.480 e. The number of aromatic nitrogens is 2. The van der Waals surface area contributed by atoms with Crippen LogP contribution in [-0.4, -0.2) is 44.2 Å². The van der Waals surface area contributed by atoms with E-state index in [0.29, 0.717) is 11.6 Å². The number of nitrogens with zero attached hydrogens (tertiary/aromatic N) is 2. The summed E-state index contributed by atoms with van der Waals surface area (Å²) in [6.07, 6.45) is -1.27. The number of rotatable bonds is 6. The van der Waals surface area contributed by atoms with Gasteiger partial charge in [0.05, 0.1) is 6.20 Å². The molecule has 3 rings (SSSR count). The van der Waals surface area contributed by atoms with Crippen LogP contribution in [0.15, 0.2) is 24.4 Å². The molecule has 0 spiro atoms. The van der Waals surface area contributed by atoms with E-state index in [-0.39, 0.29) is 12.0 Å². The summed E-state index contributed by atoms with van der Waals surface area (Å²) in [5, 5.41) is 24.2. The van der Waals surface area contributed by atoms with E-state index >= 15 is 0 Å². The Balaban J connectivity index is 0.000000396. The molecule has 12 heteroatoms. The number of halogens is 5. The van der Waals surface area contributed by atoms with E-state index in [1.807, 2.05) is 4.68 Å². The highest BCUT2D eigenvalue weighted by Gasteiger charge is 2.38. The number of fused-ring (bicyclic) bond motifs is 1. The highest BCUT2D eigenvalue weighted by Crippen LogP contribution is 2.19.